The zero-order valence-electron chi connectivity index (χ0n) is 29.8. The van der Waals surface area contributed by atoms with E-state index in [0.29, 0.717) is 63.0 Å². The fourth-order valence-electron chi connectivity index (χ4n) is 3.69. The van der Waals surface area contributed by atoms with Crippen molar-refractivity contribution in [3.05, 3.63) is 133 Å². The number of nitrogen functional groups attached to an aromatic ring is 2. The van der Waals surface area contributed by atoms with Crippen LogP contribution in [0.15, 0.2) is 137 Å². The molecule has 286 valence electrons. The molecule has 0 bridgehead atoms. The van der Waals surface area contributed by atoms with Crippen molar-refractivity contribution in [3.63, 3.8) is 0 Å². The molecule has 0 saturated heterocycles. The van der Waals surface area contributed by atoms with Gasteiger partial charge < -0.3 is 64.8 Å². The Bertz CT molecular complexity index is 2320. The number of aliphatic imine (C=N–C) groups is 2. The van der Waals surface area contributed by atoms with E-state index in [4.69, 9.17) is 22.9 Å². The van der Waals surface area contributed by atoms with E-state index in [1.807, 2.05) is 6.92 Å². The third-order valence-electron chi connectivity index (χ3n) is 6.41. The summed E-state index contributed by atoms with van der Waals surface area (Å²) in [6.07, 6.45) is 14.3. The number of rotatable bonds is 0. The number of fused-ring (bicyclic) bond motifs is 2. The minimum Gasteiger partial charge on any atom is -0.397 e. The molecule has 2 amide bonds. The summed E-state index contributed by atoms with van der Waals surface area (Å²) in [7, 11) is 0. The zero-order chi connectivity index (χ0) is 40.5. The number of anilines is 2. The maximum atomic E-state index is 11.0. The molecular formula is C33H41N19O3. The number of nitrogens with one attached hydrogen (secondary N) is 9. The summed E-state index contributed by atoms with van der Waals surface area (Å²) < 4.78 is 0. The van der Waals surface area contributed by atoms with Crippen LogP contribution in [-0.4, -0.2) is 58.4 Å². The largest absolute Gasteiger partial charge is 0.397 e. The Balaban J connectivity index is 0.000000178. The lowest BCUT2D eigenvalue weighted by molar-refractivity contribution is -0.117. The molecule has 0 fully saturated rings. The van der Waals surface area contributed by atoms with Gasteiger partial charge in [0.25, 0.3) is 17.4 Å². The van der Waals surface area contributed by atoms with E-state index in [9.17, 15) is 14.4 Å². The molecule has 0 spiro atoms. The molecule has 4 aliphatic rings. The molecule has 0 radical (unpaired) electrons. The average Bonchev–Trinajstić information content (AvgIpc) is 3.81. The van der Waals surface area contributed by atoms with Crippen molar-refractivity contribution in [2.24, 2.45) is 21.5 Å². The number of amidine groups is 2. The topological polar surface area (TPSA) is 351 Å². The molecule has 8 heterocycles. The third-order valence-corrected chi connectivity index (χ3v) is 6.41. The SMILES string of the molecule is C=C1N=C(N)C(C)=CN1.C=C1N=C(N)C=CN1.C=C1NC=C(C)C(=O)N1.C=C1NC=CC(=O)N1.Nc1ccnc2nc[nH]c12.Nc1nc2nc[nH]c2c(=O)[nH]1. The van der Waals surface area contributed by atoms with Crippen molar-refractivity contribution in [3.8, 4) is 0 Å². The smallest absolute Gasteiger partial charge is 0.278 e. The molecule has 0 aromatic carbocycles. The molecule has 0 aliphatic carbocycles. The fraction of sp³-hybridized carbons (Fsp3) is 0.0606. The van der Waals surface area contributed by atoms with E-state index in [2.05, 4.69) is 103 Å². The van der Waals surface area contributed by atoms with Gasteiger partial charge in [0.2, 0.25) is 5.95 Å². The number of carbonyl (C=O) groups is 2. The molecule has 0 unspecified atom stereocenters. The Morgan fingerprint density at radius 1 is 0.673 bits per heavy atom. The van der Waals surface area contributed by atoms with E-state index in [1.165, 1.54) is 12.4 Å². The van der Waals surface area contributed by atoms with Crippen molar-refractivity contribution < 1.29 is 9.59 Å². The van der Waals surface area contributed by atoms with Gasteiger partial charge in [0.1, 0.15) is 40.5 Å². The zero-order valence-corrected chi connectivity index (χ0v) is 29.8. The number of nitrogens with two attached hydrogens (primary N) is 4. The monoisotopic (exact) mass is 751 g/mol. The summed E-state index contributed by atoms with van der Waals surface area (Å²) in [4.78, 5) is 63.1. The van der Waals surface area contributed by atoms with Crippen LogP contribution in [0.1, 0.15) is 13.8 Å². The Hall–Kier alpha value is -8.43. The number of H-pyrrole nitrogens is 3. The van der Waals surface area contributed by atoms with Crippen LogP contribution in [0.4, 0.5) is 11.6 Å². The van der Waals surface area contributed by atoms with Gasteiger partial charge in [-0.1, -0.05) is 26.3 Å². The fourth-order valence-corrected chi connectivity index (χ4v) is 3.69. The van der Waals surface area contributed by atoms with E-state index in [-0.39, 0.29) is 23.3 Å². The number of nitrogens with zero attached hydrogens (tertiary/aromatic N) is 6. The van der Waals surface area contributed by atoms with Crippen molar-refractivity contribution in [1.29, 1.82) is 0 Å². The molecule has 22 heteroatoms. The normalized spacial score (nSPS) is 15.0. The molecule has 55 heavy (non-hydrogen) atoms. The number of carbonyl (C=O) groups excluding carboxylic acids is 2. The summed E-state index contributed by atoms with van der Waals surface area (Å²) in [5.74, 6) is 3.14. The first-order valence-electron chi connectivity index (χ1n) is 15.6. The van der Waals surface area contributed by atoms with Crippen LogP contribution in [0, 0.1) is 0 Å². The van der Waals surface area contributed by atoms with Gasteiger partial charge in [-0.2, -0.15) is 4.98 Å². The van der Waals surface area contributed by atoms with Gasteiger partial charge >= 0.3 is 0 Å². The van der Waals surface area contributed by atoms with Gasteiger partial charge in [0, 0.05) is 48.2 Å². The molecule has 0 saturated carbocycles. The summed E-state index contributed by atoms with van der Waals surface area (Å²) in [6, 6.07) is 1.74. The molecule has 22 nitrogen and oxygen atoms in total. The highest BCUT2D eigenvalue weighted by Crippen LogP contribution is 2.12. The average molecular weight is 752 g/mol. The maximum Gasteiger partial charge on any atom is 0.278 e. The number of aromatic amines is 3. The summed E-state index contributed by atoms with van der Waals surface area (Å²) in [5.41, 5.74) is 25.7. The third kappa shape index (κ3) is 13.7. The van der Waals surface area contributed by atoms with Crippen LogP contribution in [-0.2, 0) is 9.59 Å². The number of aromatic nitrogens is 7. The molecule has 8 rings (SSSR count). The lowest BCUT2D eigenvalue weighted by Gasteiger charge is -2.13. The van der Waals surface area contributed by atoms with Crippen LogP contribution in [0.3, 0.4) is 0 Å². The van der Waals surface area contributed by atoms with Crippen molar-refractivity contribution >= 4 is 57.4 Å². The summed E-state index contributed by atoms with van der Waals surface area (Å²) in [6.45, 7) is 17.7. The van der Waals surface area contributed by atoms with Gasteiger partial charge in [-0.3, -0.25) is 19.4 Å². The van der Waals surface area contributed by atoms with E-state index < -0.39 is 0 Å². The van der Waals surface area contributed by atoms with Gasteiger partial charge in [0.15, 0.2) is 16.8 Å². The highest BCUT2D eigenvalue weighted by atomic mass is 16.2. The Labute approximate surface area is 313 Å². The lowest BCUT2D eigenvalue weighted by Crippen LogP contribution is -2.33. The van der Waals surface area contributed by atoms with Gasteiger partial charge in [-0.15, -0.1) is 0 Å². The second-order valence-corrected chi connectivity index (χ2v) is 10.8. The molecule has 4 aliphatic heterocycles. The second-order valence-electron chi connectivity index (χ2n) is 10.8. The van der Waals surface area contributed by atoms with Crippen LogP contribution >= 0.6 is 0 Å². The van der Waals surface area contributed by atoms with Crippen molar-refractivity contribution in [2.45, 2.75) is 13.8 Å². The minimum atomic E-state index is -0.301. The quantitative estimate of drug-likeness (QED) is 0.111. The summed E-state index contributed by atoms with van der Waals surface area (Å²) >= 11 is 0. The number of imidazole rings is 2. The number of amides is 2. The van der Waals surface area contributed by atoms with Gasteiger partial charge in [-0.05, 0) is 26.0 Å². The van der Waals surface area contributed by atoms with E-state index >= 15 is 0 Å². The second kappa shape index (κ2) is 19.8. The van der Waals surface area contributed by atoms with Gasteiger partial charge in [0.05, 0.1) is 18.3 Å². The Kier molecular flexibility index (Phi) is 14.8. The minimum absolute atomic E-state index is 0.0783. The number of hydrogen-bond donors (Lipinski definition) is 13. The molecule has 4 aromatic rings. The maximum absolute atomic E-state index is 11.0. The van der Waals surface area contributed by atoms with Crippen molar-refractivity contribution in [1.82, 2.24) is 66.8 Å². The standard InChI is InChI=1S/C6H6N4.C6H9N3.C6H8N2O.C5H5N5O.C5H7N3.C5H6N2O/c7-4-1-2-8-6-5(4)9-3-10-6;1-4-3-8-5(2)9-6(4)7;1-4-3-7-5(2)8-6(4)9;6-5-9-3-2(4(11)10-5)7-1-8-3;1-4-7-3-2-5(6)8-4;1-4-6-3-2-5(8)7-4/h1-3H,(H3,7,8,9,10);3,8H,2H2,1H3,(H2,7,9);3,7H,2H2,1H3,(H,8,9);1H,(H4,6,7,8,9,10,11);2-3,7H,1H2,(H2,6,8);2-3,6H,1H2,(H,7,8). The molecule has 0 atom stereocenters. The van der Waals surface area contributed by atoms with Crippen LogP contribution in [0.2, 0.25) is 0 Å². The van der Waals surface area contributed by atoms with Crippen LogP contribution < -0.4 is 60.4 Å². The van der Waals surface area contributed by atoms with Crippen LogP contribution in [0.5, 0.6) is 0 Å². The lowest BCUT2D eigenvalue weighted by atomic mass is 10.3. The molecule has 17 N–H and O–H groups in total. The molecular weight excluding hydrogens is 710 g/mol. The summed E-state index contributed by atoms with van der Waals surface area (Å²) in [5, 5.41) is 16.1. The highest BCUT2D eigenvalue weighted by Gasteiger charge is 2.08. The van der Waals surface area contributed by atoms with E-state index in [0.717, 1.165) is 11.1 Å². The Morgan fingerprint density at radius 2 is 1.31 bits per heavy atom. The van der Waals surface area contributed by atoms with Crippen molar-refractivity contribution in [2.75, 3.05) is 11.5 Å². The first-order valence-corrected chi connectivity index (χ1v) is 15.6. The number of hydrogen-bond acceptors (Lipinski definition) is 17. The first-order chi connectivity index (χ1) is 26.1. The Morgan fingerprint density at radius 3 is 1.85 bits per heavy atom. The van der Waals surface area contributed by atoms with Crippen LogP contribution in [0.25, 0.3) is 22.3 Å². The number of pyridine rings is 1. The molecule has 4 aromatic heterocycles. The first kappa shape index (κ1) is 41.0. The van der Waals surface area contributed by atoms with Gasteiger partial charge in [-0.25, -0.2) is 24.9 Å². The predicted octanol–water partition coefficient (Wildman–Crippen LogP) is -0.206. The van der Waals surface area contributed by atoms with E-state index in [1.54, 1.807) is 56.4 Å². The predicted molar refractivity (Wildman–Crippen MR) is 212 cm³/mol. The highest BCUT2D eigenvalue weighted by molar-refractivity contribution is 5.97.